The summed E-state index contributed by atoms with van der Waals surface area (Å²) in [7, 11) is 1.86. The fourth-order valence-electron chi connectivity index (χ4n) is 1.63. The number of rotatable bonds is 2. The molecule has 2 N–H and O–H groups in total. The van der Waals surface area contributed by atoms with Crippen LogP contribution < -0.4 is 10.6 Å². The maximum atomic E-state index is 5.57. The van der Waals surface area contributed by atoms with E-state index < -0.39 is 0 Å². The van der Waals surface area contributed by atoms with Crippen molar-refractivity contribution in [3.05, 3.63) is 29.3 Å². The number of hydrazine groups is 1. The Bertz CT molecular complexity index is 310. The summed E-state index contributed by atoms with van der Waals surface area (Å²) in [5, 5.41) is 1.68. The van der Waals surface area contributed by atoms with Gasteiger partial charge in [-0.25, -0.2) is 5.01 Å². The first-order valence-electron chi connectivity index (χ1n) is 4.46. The summed E-state index contributed by atoms with van der Waals surface area (Å²) in [6, 6.07) is 6.26. The molecule has 1 heterocycles. The summed E-state index contributed by atoms with van der Waals surface area (Å²) in [5.74, 6) is 6.60. The van der Waals surface area contributed by atoms with Crippen molar-refractivity contribution < 1.29 is 4.74 Å². The number of nitrogens with zero attached hydrogens (tertiary/aromatic N) is 1. The first-order valence-corrected chi connectivity index (χ1v) is 4.46. The summed E-state index contributed by atoms with van der Waals surface area (Å²) in [6.45, 7) is 1.60. The first kappa shape index (κ1) is 8.53. The van der Waals surface area contributed by atoms with Crippen LogP contribution in [0.4, 0.5) is 0 Å². The van der Waals surface area contributed by atoms with Crippen LogP contribution in [0.1, 0.15) is 11.1 Å². The molecular formula is C10H14N2O. The summed E-state index contributed by atoms with van der Waals surface area (Å²) in [6.07, 6.45) is 1.03. The molecule has 0 saturated carbocycles. The number of nitrogens with two attached hydrogens (primary N) is 1. The first-order chi connectivity index (χ1) is 6.25. The van der Waals surface area contributed by atoms with E-state index in [1.807, 2.05) is 13.1 Å². The van der Waals surface area contributed by atoms with Crippen LogP contribution in [0.3, 0.4) is 0 Å². The zero-order chi connectivity index (χ0) is 9.26. The van der Waals surface area contributed by atoms with Gasteiger partial charge in [0, 0.05) is 20.0 Å². The zero-order valence-corrected chi connectivity index (χ0v) is 7.79. The molecule has 13 heavy (non-hydrogen) atoms. The Hall–Kier alpha value is -1.06. The van der Waals surface area contributed by atoms with E-state index in [2.05, 4.69) is 12.1 Å². The number of ether oxygens (including phenoxy) is 1. The van der Waals surface area contributed by atoms with Gasteiger partial charge in [-0.15, -0.1) is 0 Å². The molecule has 1 aliphatic heterocycles. The van der Waals surface area contributed by atoms with Crippen LogP contribution in [0.25, 0.3) is 0 Å². The van der Waals surface area contributed by atoms with Crippen LogP contribution in [0, 0.1) is 0 Å². The SMILES string of the molecule is CN(N)Cc1ccc2c(c1)CCO2. The van der Waals surface area contributed by atoms with Crippen molar-refractivity contribution in [1.29, 1.82) is 0 Å². The molecule has 0 bridgehead atoms. The molecule has 3 heteroatoms. The highest BCUT2D eigenvalue weighted by molar-refractivity contribution is 5.39. The van der Waals surface area contributed by atoms with Gasteiger partial charge in [0.15, 0.2) is 0 Å². The van der Waals surface area contributed by atoms with Crippen LogP contribution in [0.2, 0.25) is 0 Å². The van der Waals surface area contributed by atoms with Crippen LogP contribution in [0.5, 0.6) is 5.75 Å². The van der Waals surface area contributed by atoms with Crippen molar-refractivity contribution >= 4 is 0 Å². The van der Waals surface area contributed by atoms with E-state index in [1.54, 1.807) is 5.01 Å². The minimum Gasteiger partial charge on any atom is -0.493 e. The van der Waals surface area contributed by atoms with Gasteiger partial charge < -0.3 is 4.74 Å². The molecule has 1 aliphatic rings. The predicted octanol–water partition coefficient (Wildman–Crippen LogP) is 0.927. The summed E-state index contributed by atoms with van der Waals surface area (Å²) >= 11 is 0. The van der Waals surface area contributed by atoms with Crippen molar-refractivity contribution in [3.8, 4) is 5.75 Å². The van der Waals surface area contributed by atoms with Gasteiger partial charge in [-0.05, 0) is 17.2 Å². The maximum absolute atomic E-state index is 5.57. The molecule has 0 unspecified atom stereocenters. The number of fused-ring (bicyclic) bond motifs is 1. The minimum absolute atomic E-state index is 0.785. The van der Waals surface area contributed by atoms with Gasteiger partial charge in [0.2, 0.25) is 0 Å². The Morgan fingerprint density at radius 1 is 1.54 bits per heavy atom. The second kappa shape index (κ2) is 3.36. The lowest BCUT2D eigenvalue weighted by molar-refractivity contribution is 0.341. The Balaban J connectivity index is 2.21. The molecule has 2 rings (SSSR count). The molecule has 0 amide bonds. The highest BCUT2D eigenvalue weighted by Crippen LogP contribution is 2.25. The van der Waals surface area contributed by atoms with Crippen molar-refractivity contribution in [3.63, 3.8) is 0 Å². The summed E-state index contributed by atoms with van der Waals surface area (Å²) in [4.78, 5) is 0. The standard InChI is InChI=1S/C10H14N2O/c1-12(11)7-8-2-3-10-9(6-8)4-5-13-10/h2-3,6H,4-5,7,11H2,1H3. The Morgan fingerprint density at radius 2 is 2.38 bits per heavy atom. The fourth-order valence-corrected chi connectivity index (χ4v) is 1.63. The summed E-state index contributed by atoms with van der Waals surface area (Å²) < 4.78 is 5.41. The Morgan fingerprint density at radius 3 is 3.15 bits per heavy atom. The third kappa shape index (κ3) is 1.82. The van der Waals surface area contributed by atoms with Gasteiger partial charge in [-0.1, -0.05) is 12.1 Å². The van der Waals surface area contributed by atoms with E-state index in [1.165, 1.54) is 11.1 Å². The summed E-state index contributed by atoms with van der Waals surface area (Å²) in [5.41, 5.74) is 2.55. The molecule has 0 atom stereocenters. The normalized spacial score (nSPS) is 14.4. The van der Waals surface area contributed by atoms with E-state index in [9.17, 15) is 0 Å². The molecule has 0 aromatic heterocycles. The fraction of sp³-hybridized carbons (Fsp3) is 0.400. The van der Waals surface area contributed by atoms with Gasteiger partial charge in [0.1, 0.15) is 5.75 Å². The van der Waals surface area contributed by atoms with Crippen molar-refractivity contribution in [2.45, 2.75) is 13.0 Å². The number of hydrogen-bond acceptors (Lipinski definition) is 3. The maximum Gasteiger partial charge on any atom is 0.122 e. The third-order valence-corrected chi connectivity index (χ3v) is 2.19. The largest absolute Gasteiger partial charge is 0.493 e. The molecule has 1 aromatic carbocycles. The number of benzene rings is 1. The van der Waals surface area contributed by atoms with Crippen molar-refractivity contribution in [1.82, 2.24) is 5.01 Å². The quantitative estimate of drug-likeness (QED) is 0.541. The third-order valence-electron chi connectivity index (χ3n) is 2.19. The molecule has 0 saturated heterocycles. The molecule has 0 fully saturated rings. The Labute approximate surface area is 78.1 Å². The van der Waals surface area contributed by atoms with Crippen molar-refractivity contribution in [2.24, 2.45) is 5.84 Å². The van der Waals surface area contributed by atoms with Crippen LogP contribution in [0.15, 0.2) is 18.2 Å². The van der Waals surface area contributed by atoms with Crippen LogP contribution in [-0.2, 0) is 13.0 Å². The van der Waals surface area contributed by atoms with Gasteiger partial charge >= 0.3 is 0 Å². The van der Waals surface area contributed by atoms with E-state index in [0.717, 1.165) is 25.3 Å². The molecule has 1 aromatic rings. The molecule has 3 nitrogen and oxygen atoms in total. The average molecular weight is 178 g/mol. The zero-order valence-electron chi connectivity index (χ0n) is 7.79. The van der Waals surface area contributed by atoms with Gasteiger partial charge in [-0.2, -0.15) is 0 Å². The molecule has 0 aliphatic carbocycles. The van der Waals surface area contributed by atoms with E-state index in [4.69, 9.17) is 10.6 Å². The number of hydrogen-bond donors (Lipinski definition) is 1. The second-order valence-corrected chi connectivity index (χ2v) is 3.46. The predicted molar refractivity (Wildman–Crippen MR) is 51.3 cm³/mol. The lowest BCUT2D eigenvalue weighted by atomic mass is 10.1. The van der Waals surface area contributed by atoms with E-state index in [0.29, 0.717) is 0 Å². The van der Waals surface area contributed by atoms with Gasteiger partial charge in [0.25, 0.3) is 0 Å². The van der Waals surface area contributed by atoms with Crippen LogP contribution >= 0.6 is 0 Å². The molecule has 70 valence electrons. The molecular weight excluding hydrogens is 164 g/mol. The van der Waals surface area contributed by atoms with Gasteiger partial charge in [0.05, 0.1) is 6.61 Å². The Kier molecular flexibility index (Phi) is 2.20. The molecule has 0 radical (unpaired) electrons. The topological polar surface area (TPSA) is 38.5 Å². The van der Waals surface area contributed by atoms with E-state index >= 15 is 0 Å². The lowest BCUT2D eigenvalue weighted by Gasteiger charge is -2.09. The lowest BCUT2D eigenvalue weighted by Crippen LogP contribution is -2.24. The molecule has 0 spiro atoms. The average Bonchev–Trinajstić information content (AvgIpc) is 2.49. The second-order valence-electron chi connectivity index (χ2n) is 3.46. The monoisotopic (exact) mass is 178 g/mol. The van der Waals surface area contributed by atoms with Crippen LogP contribution in [-0.4, -0.2) is 18.7 Å². The van der Waals surface area contributed by atoms with E-state index in [-0.39, 0.29) is 0 Å². The minimum atomic E-state index is 0.785. The highest BCUT2D eigenvalue weighted by Gasteiger charge is 2.11. The van der Waals surface area contributed by atoms with Gasteiger partial charge in [-0.3, -0.25) is 5.84 Å². The highest BCUT2D eigenvalue weighted by atomic mass is 16.5. The smallest absolute Gasteiger partial charge is 0.122 e. The van der Waals surface area contributed by atoms with Crippen molar-refractivity contribution in [2.75, 3.05) is 13.7 Å².